The molecule has 0 aromatic heterocycles. The average Bonchev–Trinajstić information content (AvgIpc) is 2.80. The molecule has 33 heavy (non-hydrogen) atoms. The Hall–Kier alpha value is -3.38. The van der Waals surface area contributed by atoms with Crippen LogP contribution in [0.25, 0.3) is 12.2 Å². The lowest BCUT2D eigenvalue weighted by molar-refractivity contribution is -0.384. The van der Waals surface area contributed by atoms with Gasteiger partial charge in [0, 0.05) is 24.8 Å². The first-order valence-electron chi connectivity index (χ1n) is 10.9. The molecule has 0 heterocycles. The van der Waals surface area contributed by atoms with Crippen LogP contribution in [0, 0.1) is 10.1 Å². The molecule has 0 atom stereocenters. The number of benzene rings is 2. The zero-order valence-electron chi connectivity index (χ0n) is 20.1. The molecule has 2 aromatic rings. The van der Waals surface area contributed by atoms with Crippen LogP contribution in [0.3, 0.4) is 0 Å². The first-order chi connectivity index (χ1) is 15.8. The van der Waals surface area contributed by atoms with Crippen LogP contribution >= 0.6 is 0 Å². The minimum absolute atomic E-state index is 0.0718. The summed E-state index contributed by atoms with van der Waals surface area (Å²) in [5, 5.41) is 10.8. The Labute approximate surface area is 196 Å². The minimum atomic E-state index is -0.404. The molecule has 0 saturated carbocycles. The molecule has 0 saturated heterocycles. The van der Waals surface area contributed by atoms with Crippen LogP contribution in [0.1, 0.15) is 50.3 Å². The van der Waals surface area contributed by atoms with Gasteiger partial charge in [-0.15, -0.1) is 0 Å². The Kier molecular flexibility index (Phi) is 10.4. The fraction of sp³-hybridized carbons (Fsp3) is 0.333. The van der Waals surface area contributed by atoms with Crippen LogP contribution < -0.4 is 9.47 Å². The summed E-state index contributed by atoms with van der Waals surface area (Å²) in [6.45, 7) is 6.50. The second kappa shape index (κ2) is 13.2. The van der Waals surface area contributed by atoms with Crippen LogP contribution in [0.4, 0.5) is 5.69 Å². The number of non-ortho nitro benzene ring substituents is 1. The van der Waals surface area contributed by atoms with Crippen molar-refractivity contribution in [1.82, 2.24) is 0 Å². The predicted octanol–water partition coefficient (Wildman–Crippen LogP) is 6.99. The quantitative estimate of drug-likeness (QED) is 0.114. The van der Waals surface area contributed by atoms with Crippen LogP contribution in [-0.2, 0) is 11.2 Å². The lowest BCUT2D eigenvalue weighted by atomic mass is 10.0. The van der Waals surface area contributed by atoms with Crippen LogP contribution in [-0.4, -0.2) is 25.9 Å². The fourth-order valence-electron chi connectivity index (χ4n) is 3.24. The van der Waals surface area contributed by atoms with E-state index in [4.69, 9.17) is 14.2 Å². The zero-order valence-corrected chi connectivity index (χ0v) is 20.1. The highest BCUT2D eigenvalue weighted by Gasteiger charge is 2.12. The maximum absolute atomic E-state index is 10.8. The van der Waals surface area contributed by atoms with Crippen LogP contribution in [0.5, 0.6) is 11.5 Å². The van der Waals surface area contributed by atoms with E-state index in [2.05, 4.69) is 39.0 Å². The SMILES string of the molecule is COCOc1c(C/C=C(\C)CCC=C(C)C)cc(C=Cc2ccc([N+](=O)[O-])cc2)cc1OC. The summed E-state index contributed by atoms with van der Waals surface area (Å²) >= 11 is 0. The molecule has 0 amide bonds. The molecule has 2 aromatic carbocycles. The van der Waals surface area contributed by atoms with Gasteiger partial charge in [-0.1, -0.05) is 35.5 Å². The van der Waals surface area contributed by atoms with Gasteiger partial charge in [0.15, 0.2) is 18.3 Å². The fourth-order valence-corrected chi connectivity index (χ4v) is 3.24. The molecular formula is C27H33NO5. The van der Waals surface area contributed by atoms with E-state index >= 15 is 0 Å². The number of hydrogen-bond acceptors (Lipinski definition) is 5. The van der Waals surface area contributed by atoms with E-state index in [1.807, 2.05) is 18.2 Å². The van der Waals surface area contributed by atoms with Crippen molar-refractivity contribution in [2.45, 2.75) is 40.0 Å². The maximum Gasteiger partial charge on any atom is 0.269 e. The lowest BCUT2D eigenvalue weighted by Gasteiger charge is -2.15. The van der Waals surface area contributed by atoms with Gasteiger partial charge in [0.05, 0.1) is 12.0 Å². The predicted molar refractivity (Wildman–Crippen MR) is 134 cm³/mol. The molecule has 2 rings (SSSR count). The zero-order chi connectivity index (χ0) is 24.2. The molecule has 6 heteroatoms. The maximum atomic E-state index is 10.8. The van der Waals surface area contributed by atoms with E-state index in [0.29, 0.717) is 17.9 Å². The first-order valence-corrected chi connectivity index (χ1v) is 10.9. The monoisotopic (exact) mass is 451 g/mol. The molecule has 0 aliphatic rings. The number of ether oxygens (including phenoxy) is 3. The van der Waals surface area contributed by atoms with Crippen molar-refractivity contribution < 1.29 is 19.1 Å². The molecular weight excluding hydrogens is 418 g/mol. The summed E-state index contributed by atoms with van der Waals surface area (Å²) in [4.78, 5) is 10.4. The second-order valence-electron chi connectivity index (χ2n) is 8.02. The highest BCUT2D eigenvalue weighted by molar-refractivity contribution is 5.72. The Bertz CT molecular complexity index is 1020. The number of rotatable bonds is 12. The standard InChI is InChI=1S/C27H33NO5/c1-20(2)7-6-8-21(3)9-14-24-17-23(18-26(32-5)27(24)33-19-31-4)11-10-22-12-15-25(16-13-22)28(29)30/h7,9-13,15-18H,6,8,14,19H2,1-5H3/b11-10?,21-9+. The van der Waals surface area contributed by atoms with E-state index in [1.165, 1.54) is 23.3 Å². The average molecular weight is 452 g/mol. The number of allylic oxidation sites excluding steroid dienone is 4. The number of methoxy groups -OCH3 is 2. The summed E-state index contributed by atoms with van der Waals surface area (Å²) in [7, 11) is 3.20. The van der Waals surface area contributed by atoms with E-state index in [0.717, 1.165) is 29.5 Å². The Balaban J connectivity index is 2.30. The normalized spacial score (nSPS) is 11.5. The van der Waals surface area contributed by atoms with E-state index in [-0.39, 0.29) is 12.5 Å². The van der Waals surface area contributed by atoms with Gasteiger partial charge in [-0.25, -0.2) is 0 Å². The molecule has 0 bridgehead atoms. The summed E-state index contributed by atoms with van der Waals surface area (Å²) < 4.78 is 16.5. The smallest absolute Gasteiger partial charge is 0.269 e. The van der Waals surface area contributed by atoms with Gasteiger partial charge in [0.1, 0.15) is 0 Å². The Morgan fingerprint density at radius 2 is 1.70 bits per heavy atom. The molecule has 0 unspecified atom stereocenters. The third-order valence-electron chi connectivity index (χ3n) is 5.03. The highest BCUT2D eigenvalue weighted by Crippen LogP contribution is 2.34. The van der Waals surface area contributed by atoms with Crippen molar-refractivity contribution >= 4 is 17.8 Å². The molecule has 0 N–H and O–H groups in total. The van der Waals surface area contributed by atoms with Crippen molar-refractivity contribution in [1.29, 1.82) is 0 Å². The van der Waals surface area contributed by atoms with E-state index < -0.39 is 4.92 Å². The second-order valence-corrected chi connectivity index (χ2v) is 8.02. The molecule has 0 aliphatic carbocycles. The first kappa shape index (κ1) is 25.9. The van der Waals surface area contributed by atoms with Gasteiger partial charge in [0.2, 0.25) is 0 Å². The summed E-state index contributed by atoms with van der Waals surface area (Å²) in [6, 6.07) is 10.4. The summed E-state index contributed by atoms with van der Waals surface area (Å²) in [5.41, 5.74) is 5.53. The third kappa shape index (κ3) is 8.58. The number of hydrogen-bond donors (Lipinski definition) is 0. The Morgan fingerprint density at radius 3 is 2.30 bits per heavy atom. The lowest BCUT2D eigenvalue weighted by Crippen LogP contribution is -2.04. The molecule has 0 aliphatic heterocycles. The van der Waals surface area contributed by atoms with Crippen molar-refractivity contribution in [3.05, 3.63) is 86.5 Å². The summed E-state index contributed by atoms with van der Waals surface area (Å²) in [5.74, 6) is 1.30. The van der Waals surface area contributed by atoms with E-state index in [1.54, 1.807) is 26.4 Å². The minimum Gasteiger partial charge on any atom is -0.493 e. The van der Waals surface area contributed by atoms with Crippen LogP contribution in [0.2, 0.25) is 0 Å². The number of nitro groups is 1. The van der Waals surface area contributed by atoms with Crippen LogP contribution in [0.15, 0.2) is 59.7 Å². The summed E-state index contributed by atoms with van der Waals surface area (Å²) in [6.07, 6.45) is 11.1. The highest BCUT2D eigenvalue weighted by atomic mass is 16.7. The van der Waals surface area contributed by atoms with Gasteiger partial charge in [-0.2, -0.15) is 0 Å². The Morgan fingerprint density at radius 1 is 1.00 bits per heavy atom. The van der Waals surface area contributed by atoms with Gasteiger partial charge in [-0.3, -0.25) is 10.1 Å². The largest absolute Gasteiger partial charge is 0.493 e. The van der Waals surface area contributed by atoms with Crippen molar-refractivity contribution in [3.8, 4) is 11.5 Å². The molecule has 0 spiro atoms. The van der Waals surface area contributed by atoms with Gasteiger partial charge in [0.25, 0.3) is 5.69 Å². The molecule has 0 fully saturated rings. The van der Waals surface area contributed by atoms with Gasteiger partial charge >= 0.3 is 0 Å². The van der Waals surface area contributed by atoms with E-state index in [9.17, 15) is 10.1 Å². The van der Waals surface area contributed by atoms with Crippen molar-refractivity contribution in [2.24, 2.45) is 0 Å². The van der Waals surface area contributed by atoms with Crippen molar-refractivity contribution in [3.63, 3.8) is 0 Å². The number of nitrogens with zero attached hydrogens (tertiary/aromatic N) is 1. The molecule has 0 radical (unpaired) electrons. The molecule has 176 valence electrons. The van der Waals surface area contributed by atoms with Gasteiger partial charge < -0.3 is 14.2 Å². The van der Waals surface area contributed by atoms with Crippen molar-refractivity contribution in [2.75, 3.05) is 21.0 Å². The topological polar surface area (TPSA) is 70.8 Å². The third-order valence-corrected chi connectivity index (χ3v) is 5.03. The number of nitro benzene ring substituents is 1. The van der Waals surface area contributed by atoms with Gasteiger partial charge in [-0.05, 0) is 75.4 Å². The molecule has 6 nitrogen and oxygen atoms in total.